The van der Waals surface area contributed by atoms with Crippen LogP contribution in [0.3, 0.4) is 0 Å². The van der Waals surface area contributed by atoms with Crippen molar-refractivity contribution in [1.29, 1.82) is 0 Å². The van der Waals surface area contributed by atoms with Gasteiger partial charge < -0.3 is 14.2 Å². The van der Waals surface area contributed by atoms with Crippen LogP contribution in [-0.4, -0.2) is 31.7 Å². The van der Waals surface area contributed by atoms with Gasteiger partial charge in [0.1, 0.15) is 0 Å². The normalized spacial score (nSPS) is 80.1. The van der Waals surface area contributed by atoms with Crippen molar-refractivity contribution in [3.8, 4) is 0 Å². The number of methoxy groups -OCH3 is 1. The summed E-state index contributed by atoms with van der Waals surface area (Å²) in [7, 11) is 1.89. The molecule has 9 bridgehead atoms. The third-order valence-corrected chi connectivity index (χ3v) is 12.4. The smallest absolute Gasteiger partial charge is 0.158 e. The van der Waals surface area contributed by atoms with Gasteiger partial charge in [-0.05, 0) is 84.9 Å². The standard InChI is InChI=1S/C23H30O3/c1-22-17-8-3-5-10-14(8)20-15(17)16-18-9-4-6-11(13(9)19(16)22)26-21(22)23(18,20)7-12(24-2)25-10/h8-21H,3-7H2,1-2H3/t8-,9-,10-,11-,12-,13-,14-,15-,16+,17+,18+,19+,20-,21-,22+,23+/m1/s1. The molecule has 2 heterocycles. The maximum absolute atomic E-state index is 7.19. The van der Waals surface area contributed by atoms with E-state index in [1.165, 1.54) is 25.7 Å². The average Bonchev–Trinajstić information content (AvgIpc) is 3.34. The summed E-state index contributed by atoms with van der Waals surface area (Å²) in [4.78, 5) is 0. The first-order chi connectivity index (χ1) is 12.7. The van der Waals surface area contributed by atoms with Gasteiger partial charge in [-0.25, -0.2) is 0 Å². The molecule has 8 saturated carbocycles. The highest BCUT2D eigenvalue weighted by Gasteiger charge is 2.93. The highest BCUT2D eigenvalue weighted by Crippen LogP contribution is 2.93. The summed E-state index contributed by atoms with van der Waals surface area (Å²) in [6, 6.07) is 0. The molecule has 26 heavy (non-hydrogen) atoms. The van der Waals surface area contributed by atoms with Crippen LogP contribution in [0.2, 0.25) is 0 Å². The molecule has 8 aliphatic carbocycles. The van der Waals surface area contributed by atoms with Gasteiger partial charge in [-0.3, -0.25) is 0 Å². The molecule has 1 spiro atoms. The Morgan fingerprint density at radius 1 is 0.769 bits per heavy atom. The molecule has 16 atom stereocenters. The molecule has 0 aromatic carbocycles. The topological polar surface area (TPSA) is 27.7 Å². The molecule has 10 rings (SSSR count). The lowest BCUT2D eigenvalue weighted by Gasteiger charge is -2.62. The second kappa shape index (κ2) is 3.71. The molecule has 140 valence electrons. The molecule has 10 aliphatic rings. The van der Waals surface area contributed by atoms with Crippen LogP contribution in [0, 0.1) is 70.0 Å². The van der Waals surface area contributed by atoms with Crippen molar-refractivity contribution in [2.45, 2.75) is 63.6 Å². The Hall–Kier alpha value is -0.120. The van der Waals surface area contributed by atoms with Crippen LogP contribution in [0.1, 0.15) is 39.0 Å². The molecular formula is C23H30O3. The minimum atomic E-state index is 0.0166. The third kappa shape index (κ3) is 0.981. The van der Waals surface area contributed by atoms with Crippen molar-refractivity contribution >= 4 is 0 Å². The van der Waals surface area contributed by atoms with E-state index in [4.69, 9.17) is 14.2 Å². The molecule has 0 radical (unpaired) electrons. The highest BCUT2D eigenvalue weighted by atomic mass is 16.7. The molecule has 3 nitrogen and oxygen atoms in total. The van der Waals surface area contributed by atoms with E-state index >= 15 is 0 Å². The van der Waals surface area contributed by atoms with Gasteiger partial charge in [0, 0.05) is 24.4 Å². The number of hydrogen-bond acceptors (Lipinski definition) is 3. The molecule has 0 aromatic heterocycles. The maximum atomic E-state index is 7.19. The summed E-state index contributed by atoms with van der Waals surface area (Å²) in [6.45, 7) is 2.72. The Labute approximate surface area is 155 Å². The van der Waals surface area contributed by atoms with Crippen molar-refractivity contribution < 1.29 is 14.2 Å². The SMILES string of the molecule is CO[C@H]1C[C@]23[C@H]4[C@@H]5[C@@H]6[C@@H]7[C@@H]8[C@@H](CC[C@H]8O[C@@H]2[C@@]7(C)[C@H]5[C@@H]2CC[C@@H](O1)[C@@H]24)[C@@H]63. The lowest BCUT2D eigenvalue weighted by atomic mass is 9.48. The summed E-state index contributed by atoms with van der Waals surface area (Å²) in [5.41, 5.74) is 0.872. The van der Waals surface area contributed by atoms with Crippen molar-refractivity contribution in [1.82, 2.24) is 0 Å². The molecule has 3 heteroatoms. The van der Waals surface area contributed by atoms with E-state index in [1.807, 2.05) is 7.11 Å². The van der Waals surface area contributed by atoms with E-state index in [0.717, 1.165) is 65.6 Å². The number of rotatable bonds is 1. The van der Waals surface area contributed by atoms with Gasteiger partial charge in [-0.2, -0.15) is 0 Å². The second-order valence-electron chi connectivity index (χ2n) is 12.0. The van der Waals surface area contributed by atoms with E-state index < -0.39 is 0 Å². The first-order valence-corrected chi connectivity index (χ1v) is 11.5. The Bertz CT molecular complexity index is 748. The summed E-state index contributed by atoms with van der Waals surface area (Å²) in [5.74, 6) is 9.56. The Kier molecular flexibility index (Phi) is 1.99. The predicted octanol–water partition coefficient (Wildman–Crippen LogP) is 3.33. The average molecular weight is 354 g/mol. The van der Waals surface area contributed by atoms with Crippen molar-refractivity contribution in [3.05, 3.63) is 0 Å². The fraction of sp³-hybridized carbons (Fsp3) is 1.00. The van der Waals surface area contributed by atoms with Crippen LogP contribution in [-0.2, 0) is 14.2 Å². The highest BCUT2D eigenvalue weighted by molar-refractivity contribution is 5.40. The van der Waals surface area contributed by atoms with E-state index in [9.17, 15) is 0 Å². The summed E-state index contributed by atoms with van der Waals surface area (Å²) >= 11 is 0. The molecule has 0 unspecified atom stereocenters. The number of hydrogen-bond donors (Lipinski definition) is 0. The molecule has 10 fully saturated rings. The maximum Gasteiger partial charge on any atom is 0.158 e. The zero-order valence-corrected chi connectivity index (χ0v) is 15.8. The van der Waals surface area contributed by atoms with Crippen molar-refractivity contribution in [2.75, 3.05) is 7.11 Å². The van der Waals surface area contributed by atoms with E-state index in [-0.39, 0.29) is 6.29 Å². The fourth-order valence-electron chi connectivity index (χ4n) is 13.1. The zero-order chi connectivity index (χ0) is 16.7. The van der Waals surface area contributed by atoms with Gasteiger partial charge in [0.25, 0.3) is 0 Å². The summed E-state index contributed by atoms with van der Waals surface area (Å²) in [6.07, 6.45) is 8.29. The van der Waals surface area contributed by atoms with Gasteiger partial charge in [-0.15, -0.1) is 0 Å². The van der Waals surface area contributed by atoms with Crippen LogP contribution in [0.25, 0.3) is 0 Å². The van der Waals surface area contributed by atoms with Crippen LogP contribution in [0.15, 0.2) is 0 Å². The quantitative estimate of drug-likeness (QED) is 0.723. The van der Waals surface area contributed by atoms with Gasteiger partial charge in [0.2, 0.25) is 0 Å². The molecule has 0 aromatic rings. The molecule has 2 aliphatic heterocycles. The van der Waals surface area contributed by atoms with Gasteiger partial charge in [0.05, 0.1) is 18.3 Å². The summed E-state index contributed by atoms with van der Waals surface area (Å²) < 4.78 is 19.8. The monoisotopic (exact) mass is 354 g/mol. The molecular weight excluding hydrogens is 324 g/mol. The predicted molar refractivity (Wildman–Crippen MR) is 92.9 cm³/mol. The Morgan fingerprint density at radius 3 is 2.27 bits per heavy atom. The first kappa shape index (κ1) is 14.0. The van der Waals surface area contributed by atoms with E-state index in [2.05, 4.69) is 6.92 Å². The third-order valence-electron chi connectivity index (χ3n) is 12.4. The summed E-state index contributed by atoms with van der Waals surface area (Å²) in [5, 5.41) is 0. The van der Waals surface area contributed by atoms with Gasteiger partial charge in [-0.1, -0.05) is 6.92 Å². The van der Waals surface area contributed by atoms with Crippen molar-refractivity contribution in [3.63, 3.8) is 0 Å². The largest absolute Gasteiger partial charge is 0.373 e. The van der Waals surface area contributed by atoms with Gasteiger partial charge >= 0.3 is 0 Å². The van der Waals surface area contributed by atoms with Gasteiger partial charge in [0.15, 0.2) is 6.29 Å². The van der Waals surface area contributed by atoms with Crippen LogP contribution < -0.4 is 0 Å². The molecule has 0 amide bonds. The zero-order valence-electron chi connectivity index (χ0n) is 15.8. The van der Waals surface area contributed by atoms with Crippen LogP contribution in [0.4, 0.5) is 0 Å². The minimum Gasteiger partial charge on any atom is -0.373 e. The second-order valence-corrected chi connectivity index (χ2v) is 12.0. The molecule has 2 saturated heterocycles. The fourth-order valence-corrected chi connectivity index (χ4v) is 13.1. The van der Waals surface area contributed by atoms with E-state index in [1.54, 1.807) is 0 Å². The van der Waals surface area contributed by atoms with E-state index in [0.29, 0.717) is 29.1 Å². The van der Waals surface area contributed by atoms with Crippen molar-refractivity contribution in [2.24, 2.45) is 70.0 Å². The number of ether oxygens (including phenoxy) is 3. The first-order valence-electron chi connectivity index (χ1n) is 11.5. The Balaban J connectivity index is 1.39. The Morgan fingerprint density at radius 2 is 1.46 bits per heavy atom. The lowest BCUT2D eigenvalue weighted by Crippen LogP contribution is -2.64. The van der Waals surface area contributed by atoms with Crippen LogP contribution in [0.5, 0.6) is 0 Å². The lowest BCUT2D eigenvalue weighted by molar-refractivity contribution is -0.265. The minimum absolute atomic E-state index is 0.0166. The van der Waals surface area contributed by atoms with Crippen LogP contribution >= 0.6 is 0 Å². The molecule has 0 N–H and O–H groups in total.